The molecule has 0 N–H and O–H groups in total. The maximum Gasteiger partial charge on any atom is 0.534 e. The maximum atomic E-state index is 12.5. The van der Waals surface area contributed by atoms with Crippen LogP contribution in [0, 0.1) is 0 Å². The first-order valence-electron chi connectivity index (χ1n) is 6.29. The molecule has 0 aliphatic rings. The molecule has 0 spiro atoms. The van der Waals surface area contributed by atoms with E-state index in [1.165, 1.54) is 38.4 Å². The Morgan fingerprint density at radius 2 is 1.88 bits per heavy atom. The molecule has 1 heterocycles. The van der Waals surface area contributed by atoms with E-state index in [1.807, 2.05) is 0 Å². The van der Waals surface area contributed by atoms with Crippen LogP contribution >= 0.6 is 0 Å². The number of halogens is 3. The van der Waals surface area contributed by atoms with Crippen molar-refractivity contribution in [2.24, 2.45) is 0 Å². The smallest absolute Gasteiger partial charge is 0.375 e. The first-order chi connectivity index (χ1) is 11.1. The number of hydrogen-bond acceptors (Lipinski definition) is 6. The third-order valence-corrected chi connectivity index (χ3v) is 3.91. The second-order valence-electron chi connectivity index (χ2n) is 4.49. The molecule has 2 aromatic rings. The molecule has 0 saturated carbocycles. The first kappa shape index (κ1) is 17.9. The van der Waals surface area contributed by atoms with Gasteiger partial charge in [-0.1, -0.05) is 12.1 Å². The fourth-order valence-electron chi connectivity index (χ4n) is 1.73. The van der Waals surface area contributed by atoms with Gasteiger partial charge in [-0.05, 0) is 12.1 Å². The fraction of sp³-hybridized carbons (Fsp3) is 0.231. The number of benzene rings is 1. The van der Waals surface area contributed by atoms with Gasteiger partial charge in [0.2, 0.25) is 0 Å². The topological polar surface area (TPSA) is 85.8 Å². The van der Waals surface area contributed by atoms with Gasteiger partial charge in [0.15, 0.2) is 5.75 Å². The van der Waals surface area contributed by atoms with Gasteiger partial charge in [-0.3, -0.25) is 9.63 Å². The van der Waals surface area contributed by atoms with Gasteiger partial charge in [-0.25, -0.2) is 10.0 Å². The zero-order valence-corrected chi connectivity index (χ0v) is 13.2. The standard InChI is InChI=1S/C13H11F3N2O5S/c1-18(22-2)12(19)10-7-11(23-24(20,21)13(14,15)16)8-5-3-4-6-9(8)17-10/h3-7H,1-2H3. The van der Waals surface area contributed by atoms with Crippen molar-refractivity contribution < 1.29 is 35.4 Å². The molecule has 24 heavy (non-hydrogen) atoms. The van der Waals surface area contributed by atoms with Crippen LogP contribution in [0.3, 0.4) is 0 Å². The average Bonchev–Trinajstić information content (AvgIpc) is 2.51. The van der Waals surface area contributed by atoms with Gasteiger partial charge in [0, 0.05) is 18.5 Å². The Kier molecular flexibility index (Phi) is 4.67. The number of fused-ring (bicyclic) bond motifs is 1. The van der Waals surface area contributed by atoms with E-state index in [-0.39, 0.29) is 16.6 Å². The predicted molar refractivity (Wildman–Crippen MR) is 76.4 cm³/mol. The molecular weight excluding hydrogens is 353 g/mol. The summed E-state index contributed by atoms with van der Waals surface area (Å²) in [6.45, 7) is 0. The number of pyridine rings is 1. The summed E-state index contributed by atoms with van der Waals surface area (Å²) in [5, 5.41) is 0.779. The van der Waals surface area contributed by atoms with Crippen LogP contribution in [-0.2, 0) is 15.0 Å². The van der Waals surface area contributed by atoms with Crippen LogP contribution in [-0.4, -0.2) is 44.0 Å². The van der Waals surface area contributed by atoms with E-state index < -0.39 is 27.3 Å². The van der Waals surface area contributed by atoms with Crippen LogP contribution in [0.15, 0.2) is 30.3 Å². The molecule has 11 heteroatoms. The highest BCUT2D eigenvalue weighted by molar-refractivity contribution is 7.88. The number of aromatic nitrogens is 1. The van der Waals surface area contributed by atoms with Crippen LogP contribution in [0.5, 0.6) is 5.75 Å². The first-order valence-corrected chi connectivity index (χ1v) is 7.70. The molecule has 0 radical (unpaired) electrons. The molecule has 1 aromatic heterocycles. The van der Waals surface area contributed by atoms with E-state index in [2.05, 4.69) is 14.0 Å². The van der Waals surface area contributed by atoms with Gasteiger partial charge in [0.1, 0.15) is 5.69 Å². The maximum absolute atomic E-state index is 12.5. The lowest BCUT2D eigenvalue weighted by Gasteiger charge is -2.15. The second kappa shape index (κ2) is 6.24. The van der Waals surface area contributed by atoms with Crippen molar-refractivity contribution in [3.63, 3.8) is 0 Å². The normalized spacial score (nSPS) is 12.2. The Morgan fingerprint density at radius 3 is 2.46 bits per heavy atom. The quantitative estimate of drug-likeness (QED) is 0.469. The van der Waals surface area contributed by atoms with E-state index in [4.69, 9.17) is 0 Å². The van der Waals surface area contributed by atoms with E-state index >= 15 is 0 Å². The molecule has 0 bridgehead atoms. The fourth-order valence-corrected chi connectivity index (χ4v) is 2.20. The average molecular weight is 364 g/mol. The van der Waals surface area contributed by atoms with Gasteiger partial charge in [-0.15, -0.1) is 0 Å². The molecule has 0 aliphatic carbocycles. The van der Waals surface area contributed by atoms with Crippen molar-refractivity contribution in [1.82, 2.24) is 10.0 Å². The zero-order chi connectivity index (χ0) is 18.1. The summed E-state index contributed by atoms with van der Waals surface area (Å²) < 4.78 is 64.3. The predicted octanol–water partition coefficient (Wildman–Crippen LogP) is 2.10. The summed E-state index contributed by atoms with van der Waals surface area (Å²) in [4.78, 5) is 20.7. The highest BCUT2D eigenvalue weighted by atomic mass is 32.2. The molecule has 0 fully saturated rings. The minimum Gasteiger partial charge on any atom is -0.375 e. The number of carbonyl (C=O) groups is 1. The van der Waals surface area contributed by atoms with Crippen molar-refractivity contribution in [2.75, 3.05) is 14.2 Å². The number of carbonyl (C=O) groups excluding carboxylic acids is 1. The van der Waals surface area contributed by atoms with Crippen LogP contribution in [0.2, 0.25) is 0 Å². The summed E-state index contributed by atoms with van der Waals surface area (Å²) in [5.74, 6) is -1.46. The van der Waals surface area contributed by atoms with Crippen LogP contribution in [0.4, 0.5) is 13.2 Å². The van der Waals surface area contributed by atoms with Gasteiger partial charge >= 0.3 is 15.6 Å². The lowest BCUT2D eigenvalue weighted by Crippen LogP contribution is -2.29. The highest BCUT2D eigenvalue weighted by Gasteiger charge is 2.48. The van der Waals surface area contributed by atoms with E-state index in [1.54, 1.807) is 0 Å². The number of amides is 1. The Hall–Kier alpha value is -2.40. The third kappa shape index (κ3) is 3.41. The van der Waals surface area contributed by atoms with Crippen molar-refractivity contribution in [1.29, 1.82) is 0 Å². The van der Waals surface area contributed by atoms with Crippen molar-refractivity contribution in [2.45, 2.75) is 5.51 Å². The molecule has 0 aliphatic heterocycles. The molecule has 130 valence electrons. The van der Waals surface area contributed by atoms with Crippen molar-refractivity contribution >= 4 is 26.9 Å². The lowest BCUT2D eigenvalue weighted by atomic mass is 10.2. The zero-order valence-electron chi connectivity index (χ0n) is 12.4. The molecule has 7 nitrogen and oxygen atoms in total. The third-order valence-electron chi connectivity index (χ3n) is 2.94. The lowest BCUT2D eigenvalue weighted by molar-refractivity contribution is -0.0760. The number of rotatable bonds is 4. The Labute approximate surface area is 134 Å². The molecular formula is C13H11F3N2O5S. The van der Waals surface area contributed by atoms with Crippen LogP contribution in [0.25, 0.3) is 10.9 Å². The molecule has 2 rings (SSSR count). The number of hydroxylamine groups is 2. The Morgan fingerprint density at radius 1 is 1.25 bits per heavy atom. The van der Waals surface area contributed by atoms with Crippen molar-refractivity contribution in [3.8, 4) is 5.75 Å². The molecule has 0 atom stereocenters. The second-order valence-corrected chi connectivity index (χ2v) is 6.03. The number of nitrogens with zero attached hydrogens (tertiary/aromatic N) is 2. The van der Waals surface area contributed by atoms with E-state index in [0.717, 1.165) is 11.1 Å². The number of para-hydroxylation sites is 1. The van der Waals surface area contributed by atoms with Crippen LogP contribution in [0.1, 0.15) is 10.5 Å². The molecule has 1 aromatic carbocycles. The summed E-state index contributed by atoms with van der Waals surface area (Å²) >= 11 is 0. The highest BCUT2D eigenvalue weighted by Crippen LogP contribution is 2.32. The SMILES string of the molecule is CON(C)C(=O)c1cc(OS(=O)(=O)C(F)(F)F)c2ccccc2n1. The summed E-state index contributed by atoms with van der Waals surface area (Å²) in [6.07, 6.45) is 0. The number of hydrogen-bond donors (Lipinski definition) is 0. The minimum absolute atomic E-state index is 0.00180. The Balaban J connectivity index is 2.62. The van der Waals surface area contributed by atoms with E-state index in [0.29, 0.717) is 0 Å². The van der Waals surface area contributed by atoms with Gasteiger partial charge in [-0.2, -0.15) is 21.6 Å². The monoisotopic (exact) mass is 364 g/mol. The molecule has 0 saturated heterocycles. The molecule has 0 unspecified atom stereocenters. The van der Waals surface area contributed by atoms with Crippen LogP contribution < -0.4 is 4.18 Å². The summed E-state index contributed by atoms with van der Waals surface area (Å²) in [7, 11) is -3.44. The van der Waals surface area contributed by atoms with Gasteiger partial charge in [0.05, 0.1) is 12.6 Å². The largest absolute Gasteiger partial charge is 0.534 e. The van der Waals surface area contributed by atoms with Crippen molar-refractivity contribution in [3.05, 3.63) is 36.0 Å². The number of alkyl halides is 3. The summed E-state index contributed by atoms with van der Waals surface area (Å²) in [5.41, 5.74) is -5.86. The minimum atomic E-state index is -5.89. The molecule has 1 amide bonds. The van der Waals surface area contributed by atoms with Gasteiger partial charge in [0.25, 0.3) is 5.91 Å². The Bertz CT molecular complexity index is 883. The van der Waals surface area contributed by atoms with Gasteiger partial charge < -0.3 is 4.18 Å². The summed E-state index contributed by atoms with van der Waals surface area (Å²) in [6, 6.07) is 6.50. The van der Waals surface area contributed by atoms with E-state index in [9.17, 15) is 26.4 Å².